The molecule has 0 aromatic carbocycles. The average Bonchev–Trinajstić information content (AvgIpc) is 2.39. The molecule has 1 aromatic rings. The SMILES string of the molecule is CCSCC[C@H](C)N(C)C(=O)Nc1cccnc1. The molecule has 100 valence electrons. The third-order valence-corrected chi connectivity index (χ3v) is 3.71. The van der Waals surface area contributed by atoms with Gasteiger partial charge in [-0.3, -0.25) is 4.98 Å². The molecule has 0 aliphatic carbocycles. The predicted molar refractivity (Wildman–Crippen MR) is 78.1 cm³/mol. The Hall–Kier alpha value is -1.23. The molecule has 0 aliphatic heterocycles. The Labute approximate surface area is 113 Å². The van der Waals surface area contributed by atoms with Crippen LogP contribution in [-0.4, -0.2) is 40.5 Å². The smallest absolute Gasteiger partial charge is 0.321 e. The summed E-state index contributed by atoms with van der Waals surface area (Å²) in [5, 5.41) is 2.83. The average molecular weight is 267 g/mol. The highest BCUT2D eigenvalue weighted by molar-refractivity contribution is 7.99. The Morgan fingerprint density at radius 2 is 2.39 bits per heavy atom. The minimum absolute atomic E-state index is 0.0861. The van der Waals surface area contributed by atoms with E-state index in [9.17, 15) is 4.79 Å². The van der Waals surface area contributed by atoms with E-state index in [0.717, 1.165) is 23.6 Å². The summed E-state index contributed by atoms with van der Waals surface area (Å²) in [5.41, 5.74) is 0.726. The standard InChI is InChI=1S/C13H21N3OS/c1-4-18-9-7-11(2)16(3)13(17)15-12-6-5-8-14-10-12/h5-6,8,10-11H,4,7,9H2,1-3H3,(H,15,17)/t11-/m0/s1. The van der Waals surface area contributed by atoms with Crippen LogP contribution in [0.5, 0.6) is 0 Å². The molecule has 1 heterocycles. The fourth-order valence-corrected chi connectivity index (χ4v) is 2.24. The van der Waals surface area contributed by atoms with Crippen LogP contribution >= 0.6 is 11.8 Å². The largest absolute Gasteiger partial charge is 0.325 e. The van der Waals surface area contributed by atoms with Gasteiger partial charge in [0.05, 0.1) is 11.9 Å². The summed E-state index contributed by atoms with van der Waals surface area (Å²) in [6.07, 6.45) is 4.34. The van der Waals surface area contributed by atoms with Crippen LogP contribution in [0.2, 0.25) is 0 Å². The van der Waals surface area contributed by atoms with Gasteiger partial charge >= 0.3 is 6.03 Å². The molecule has 0 bridgehead atoms. The van der Waals surface area contributed by atoms with Crippen LogP contribution in [0.15, 0.2) is 24.5 Å². The zero-order valence-corrected chi connectivity index (χ0v) is 12.0. The van der Waals surface area contributed by atoms with Gasteiger partial charge in [-0.25, -0.2) is 4.79 Å². The van der Waals surface area contributed by atoms with Crippen LogP contribution < -0.4 is 5.32 Å². The van der Waals surface area contributed by atoms with Gasteiger partial charge in [-0.05, 0) is 37.0 Å². The van der Waals surface area contributed by atoms with Crippen molar-refractivity contribution in [3.8, 4) is 0 Å². The van der Waals surface area contributed by atoms with Gasteiger partial charge in [-0.1, -0.05) is 6.92 Å². The Bertz CT molecular complexity index is 359. The monoisotopic (exact) mass is 267 g/mol. The first-order valence-corrected chi connectivity index (χ1v) is 7.32. The maximum atomic E-state index is 12.0. The normalized spacial score (nSPS) is 11.9. The lowest BCUT2D eigenvalue weighted by molar-refractivity contribution is 0.207. The van der Waals surface area contributed by atoms with Gasteiger partial charge in [0, 0.05) is 19.3 Å². The summed E-state index contributed by atoms with van der Waals surface area (Å²) in [6.45, 7) is 4.22. The third-order valence-electron chi connectivity index (χ3n) is 2.78. The quantitative estimate of drug-likeness (QED) is 0.806. The van der Waals surface area contributed by atoms with Crippen LogP contribution in [0.25, 0.3) is 0 Å². The Morgan fingerprint density at radius 1 is 1.61 bits per heavy atom. The number of carbonyl (C=O) groups excluding carboxylic acids is 1. The lowest BCUT2D eigenvalue weighted by Gasteiger charge is -2.25. The van der Waals surface area contributed by atoms with Gasteiger partial charge in [0.1, 0.15) is 0 Å². The van der Waals surface area contributed by atoms with E-state index in [0.29, 0.717) is 0 Å². The van der Waals surface area contributed by atoms with E-state index in [1.165, 1.54) is 0 Å². The molecule has 0 radical (unpaired) electrons. The number of hydrogen-bond acceptors (Lipinski definition) is 3. The number of rotatable bonds is 6. The van der Waals surface area contributed by atoms with Crippen molar-refractivity contribution in [2.75, 3.05) is 23.9 Å². The summed E-state index contributed by atoms with van der Waals surface area (Å²) < 4.78 is 0. The van der Waals surface area contributed by atoms with Crippen LogP contribution in [0.1, 0.15) is 20.3 Å². The van der Waals surface area contributed by atoms with Crippen molar-refractivity contribution < 1.29 is 4.79 Å². The van der Waals surface area contributed by atoms with Crippen LogP contribution in [0.3, 0.4) is 0 Å². The molecule has 0 saturated carbocycles. The van der Waals surface area contributed by atoms with E-state index in [2.05, 4.69) is 24.1 Å². The lowest BCUT2D eigenvalue weighted by Crippen LogP contribution is -2.38. The fourth-order valence-electron chi connectivity index (χ4n) is 1.44. The molecule has 2 amide bonds. The number of hydrogen-bond donors (Lipinski definition) is 1. The highest BCUT2D eigenvalue weighted by Crippen LogP contribution is 2.10. The molecule has 0 saturated heterocycles. The number of carbonyl (C=O) groups is 1. The first-order valence-electron chi connectivity index (χ1n) is 6.16. The highest BCUT2D eigenvalue weighted by Gasteiger charge is 2.15. The van der Waals surface area contributed by atoms with Crippen molar-refractivity contribution >= 4 is 23.5 Å². The number of aromatic nitrogens is 1. The maximum absolute atomic E-state index is 12.0. The minimum atomic E-state index is -0.0861. The molecule has 0 fully saturated rings. The van der Waals surface area contributed by atoms with E-state index in [-0.39, 0.29) is 12.1 Å². The molecule has 1 aromatic heterocycles. The summed E-state index contributed by atoms with van der Waals surface area (Å²) >= 11 is 1.90. The first-order chi connectivity index (χ1) is 8.65. The van der Waals surface area contributed by atoms with Crippen LogP contribution in [0.4, 0.5) is 10.5 Å². The van der Waals surface area contributed by atoms with Gasteiger partial charge in [-0.15, -0.1) is 0 Å². The summed E-state index contributed by atoms with van der Waals surface area (Å²) in [6, 6.07) is 3.78. The Kier molecular flexibility index (Phi) is 6.57. The fraction of sp³-hybridized carbons (Fsp3) is 0.538. The first kappa shape index (κ1) is 14.8. The number of urea groups is 1. The van der Waals surface area contributed by atoms with E-state index in [1.54, 1.807) is 23.4 Å². The molecule has 1 atom stereocenters. The number of anilines is 1. The van der Waals surface area contributed by atoms with Gasteiger partial charge in [0.15, 0.2) is 0 Å². The number of pyridine rings is 1. The van der Waals surface area contributed by atoms with E-state index >= 15 is 0 Å². The lowest BCUT2D eigenvalue weighted by atomic mass is 10.2. The summed E-state index contributed by atoms with van der Waals surface area (Å²) in [4.78, 5) is 17.7. The van der Waals surface area contributed by atoms with Gasteiger partial charge in [0.25, 0.3) is 0 Å². The highest BCUT2D eigenvalue weighted by atomic mass is 32.2. The number of nitrogens with one attached hydrogen (secondary N) is 1. The Balaban J connectivity index is 2.41. The van der Waals surface area contributed by atoms with E-state index in [4.69, 9.17) is 0 Å². The molecular formula is C13H21N3OS. The van der Waals surface area contributed by atoms with Crippen molar-refractivity contribution in [2.45, 2.75) is 26.3 Å². The Morgan fingerprint density at radius 3 is 3.00 bits per heavy atom. The van der Waals surface area contributed by atoms with E-state index < -0.39 is 0 Å². The number of amides is 2. The van der Waals surface area contributed by atoms with Crippen molar-refractivity contribution in [1.82, 2.24) is 9.88 Å². The molecule has 5 heteroatoms. The molecular weight excluding hydrogens is 246 g/mol. The molecule has 0 aliphatic rings. The van der Waals surface area contributed by atoms with E-state index in [1.807, 2.05) is 24.9 Å². The second-order valence-electron chi connectivity index (χ2n) is 4.12. The van der Waals surface area contributed by atoms with Crippen molar-refractivity contribution in [2.24, 2.45) is 0 Å². The zero-order valence-electron chi connectivity index (χ0n) is 11.2. The van der Waals surface area contributed by atoms with Gasteiger partial charge in [-0.2, -0.15) is 11.8 Å². The van der Waals surface area contributed by atoms with Crippen LogP contribution in [0, 0.1) is 0 Å². The molecule has 0 unspecified atom stereocenters. The summed E-state index contributed by atoms with van der Waals surface area (Å²) in [5.74, 6) is 2.21. The zero-order chi connectivity index (χ0) is 13.4. The topological polar surface area (TPSA) is 45.2 Å². The van der Waals surface area contributed by atoms with Crippen molar-refractivity contribution in [1.29, 1.82) is 0 Å². The van der Waals surface area contributed by atoms with Crippen molar-refractivity contribution in [3.05, 3.63) is 24.5 Å². The molecule has 0 spiro atoms. The van der Waals surface area contributed by atoms with Crippen molar-refractivity contribution in [3.63, 3.8) is 0 Å². The van der Waals surface area contributed by atoms with Crippen LogP contribution in [-0.2, 0) is 0 Å². The molecule has 18 heavy (non-hydrogen) atoms. The molecule has 1 rings (SSSR count). The van der Waals surface area contributed by atoms with Gasteiger partial charge in [0.2, 0.25) is 0 Å². The second-order valence-corrected chi connectivity index (χ2v) is 5.51. The minimum Gasteiger partial charge on any atom is -0.325 e. The third kappa shape index (κ3) is 4.96. The second kappa shape index (κ2) is 7.97. The maximum Gasteiger partial charge on any atom is 0.321 e. The molecule has 1 N–H and O–H groups in total. The summed E-state index contributed by atoms with van der Waals surface area (Å²) in [7, 11) is 1.83. The van der Waals surface area contributed by atoms with Gasteiger partial charge < -0.3 is 10.2 Å². The predicted octanol–water partition coefficient (Wildman–Crippen LogP) is 3.08. The number of nitrogens with zero attached hydrogens (tertiary/aromatic N) is 2. The molecule has 4 nitrogen and oxygen atoms in total. The number of thioether (sulfide) groups is 1.